The van der Waals surface area contributed by atoms with Gasteiger partial charge in [0.2, 0.25) is 11.6 Å². The molecule has 1 heterocycles. The number of ether oxygens (including phenoxy) is 6. The fraction of sp³-hybridized carbons (Fsp3) is 0.667. The molecule has 47 heavy (non-hydrogen) atoms. The van der Waals surface area contributed by atoms with Gasteiger partial charge in [0.1, 0.15) is 24.4 Å². The summed E-state index contributed by atoms with van der Waals surface area (Å²) in [4.78, 5) is 0. The van der Waals surface area contributed by atoms with E-state index < -0.39 is 50.2 Å². The Morgan fingerprint density at radius 3 is 2.00 bits per heavy atom. The van der Waals surface area contributed by atoms with Gasteiger partial charge < -0.3 is 32.8 Å². The summed E-state index contributed by atoms with van der Waals surface area (Å²) in [6, 6.07) is 8.28. The van der Waals surface area contributed by atoms with Crippen molar-refractivity contribution in [2.75, 3.05) is 40.6 Å². The summed E-state index contributed by atoms with van der Waals surface area (Å²) in [5.74, 6) is -3.64. The van der Waals surface area contributed by atoms with Crippen LogP contribution in [-0.2, 0) is 40.3 Å². The summed E-state index contributed by atoms with van der Waals surface area (Å²) >= 11 is 6.69. The lowest BCUT2D eigenvalue weighted by atomic mass is 9.86. The molecule has 0 spiro atoms. The largest absolute Gasteiger partial charge is 0.494 e. The summed E-state index contributed by atoms with van der Waals surface area (Å²) in [7, 11) is 0.923. The van der Waals surface area contributed by atoms with E-state index in [9.17, 15) is 4.39 Å². The van der Waals surface area contributed by atoms with E-state index in [0.717, 1.165) is 38.5 Å². The predicted molar refractivity (Wildman–Crippen MR) is 184 cm³/mol. The van der Waals surface area contributed by atoms with Crippen LogP contribution in [0.4, 0.5) is 8.78 Å². The van der Waals surface area contributed by atoms with E-state index in [0.29, 0.717) is 36.0 Å². The smallest absolute Gasteiger partial charge is 0.225 e. The van der Waals surface area contributed by atoms with Crippen molar-refractivity contribution >= 4 is 19.9 Å². The molecule has 2 aromatic rings. The monoisotopic (exact) mass is 700 g/mol. The van der Waals surface area contributed by atoms with E-state index in [1.807, 2.05) is 12.1 Å². The highest BCUT2D eigenvalue weighted by Gasteiger charge is 2.58. The zero-order valence-corrected chi connectivity index (χ0v) is 31.2. The topological polar surface area (TPSA) is 64.6 Å². The maximum atomic E-state index is 15.1. The van der Waals surface area contributed by atoms with Crippen LogP contribution >= 0.6 is 11.6 Å². The van der Waals surface area contributed by atoms with Gasteiger partial charge in [-0.15, -0.1) is 0 Å². The van der Waals surface area contributed by atoms with Crippen molar-refractivity contribution in [1.82, 2.24) is 0 Å². The van der Waals surface area contributed by atoms with Gasteiger partial charge in [-0.1, -0.05) is 63.8 Å². The van der Waals surface area contributed by atoms with Gasteiger partial charge in [-0.25, -0.2) is 4.39 Å². The first-order valence-corrected chi connectivity index (χ1v) is 20.8. The molecular weight excluding hydrogens is 646 g/mol. The minimum absolute atomic E-state index is 0.0297. The molecule has 0 saturated carbocycles. The average Bonchev–Trinajstić information content (AvgIpc) is 3.04. The highest BCUT2D eigenvalue weighted by Crippen LogP contribution is 2.44. The van der Waals surface area contributed by atoms with E-state index in [1.54, 1.807) is 13.2 Å². The Morgan fingerprint density at radius 2 is 1.43 bits per heavy atom. The van der Waals surface area contributed by atoms with Gasteiger partial charge in [0, 0.05) is 43.9 Å². The van der Waals surface area contributed by atoms with E-state index in [2.05, 4.69) is 40.4 Å². The molecule has 7 nitrogen and oxygen atoms in total. The highest BCUT2D eigenvalue weighted by molar-refractivity contribution is 6.69. The van der Waals surface area contributed by atoms with Gasteiger partial charge in [0.15, 0.2) is 19.9 Å². The van der Waals surface area contributed by atoms with Crippen molar-refractivity contribution in [3.05, 3.63) is 63.7 Å². The molecule has 3 rings (SSSR count). The minimum Gasteiger partial charge on any atom is -0.494 e. The zero-order chi connectivity index (χ0) is 34.6. The molecule has 0 N–H and O–H groups in total. The lowest BCUT2D eigenvalue weighted by Crippen LogP contribution is -2.66. The molecule has 0 aliphatic carbocycles. The maximum Gasteiger partial charge on any atom is 0.225 e. The number of unbranched alkanes of at least 4 members (excludes halogenated alkanes) is 3. The Balaban J connectivity index is 2.17. The third kappa shape index (κ3) is 10.4. The molecule has 1 saturated heterocycles. The standard InChI is InChI=1S/C36H55ClF2O7Si/c1-9-12-19-42-33-30(24-45-47(6,7)8)46-36(41-5,35(44-21-14-11-3)34(33)43-20-13-10-2)27-16-17-28(37)26(23-27)22-25-15-18-29(40-4)32(39)31(25)38/h15-18,23,30,33-35H,9-14,19-22,24H2,1-8H3/t30-,33-,34+,35-,36+/m1/s1. The van der Waals surface area contributed by atoms with Crippen LogP contribution in [0.15, 0.2) is 30.3 Å². The molecule has 5 atom stereocenters. The third-order valence-corrected chi connectivity index (χ3v) is 9.66. The highest BCUT2D eigenvalue weighted by atomic mass is 35.5. The Hall–Kier alpha value is -1.63. The Bertz CT molecular complexity index is 1250. The molecule has 1 fully saturated rings. The fourth-order valence-electron chi connectivity index (χ4n) is 5.60. The second-order valence-electron chi connectivity index (χ2n) is 13.0. The van der Waals surface area contributed by atoms with Crippen LogP contribution < -0.4 is 4.74 Å². The van der Waals surface area contributed by atoms with Crippen molar-refractivity contribution in [2.45, 2.75) is 116 Å². The summed E-state index contributed by atoms with van der Waals surface area (Å²) in [5.41, 5.74) is 1.32. The van der Waals surface area contributed by atoms with Gasteiger partial charge in [-0.3, -0.25) is 0 Å². The third-order valence-electron chi connectivity index (χ3n) is 8.26. The lowest BCUT2D eigenvalue weighted by Gasteiger charge is -2.52. The lowest BCUT2D eigenvalue weighted by molar-refractivity contribution is -0.380. The van der Waals surface area contributed by atoms with Crippen LogP contribution in [0.3, 0.4) is 0 Å². The van der Waals surface area contributed by atoms with Crippen molar-refractivity contribution in [3.8, 4) is 5.75 Å². The Labute approximate surface area is 286 Å². The second-order valence-corrected chi connectivity index (χ2v) is 17.9. The first-order valence-electron chi connectivity index (χ1n) is 17.0. The average molecular weight is 701 g/mol. The number of hydrogen-bond acceptors (Lipinski definition) is 7. The van der Waals surface area contributed by atoms with Crippen molar-refractivity contribution in [1.29, 1.82) is 0 Å². The summed E-state index contributed by atoms with van der Waals surface area (Å²) in [5, 5.41) is 0.394. The normalized spacial score (nSPS) is 23.3. The predicted octanol–water partition coefficient (Wildman–Crippen LogP) is 8.82. The van der Waals surface area contributed by atoms with Gasteiger partial charge >= 0.3 is 0 Å². The van der Waals surface area contributed by atoms with Crippen molar-refractivity contribution in [2.24, 2.45) is 0 Å². The van der Waals surface area contributed by atoms with Crippen LogP contribution in [-0.4, -0.2) is 73.4 Å². The van der Waals surface area contributed by atoms with Crippen LogP contribution in [0.5, 0.6) is 5.75 Å². The Morgan fingerprint density at radius 1 is 0.809 bits per heavy atom. The van der Waals surface area contributed by atoms with Gasteiger partial charge in [-0.05, 0) is 68.2 Å². The van der Waals surface area contributed by atoms with Gasteiger partial charge in [0.25, 0.3) is 0 Å². The minimum atomic E-state index is -1.96. The molecule has 1 aliphatic rings. The van der Waals surface area contributed by atoms with Crippen molar-refractivity contribution in [3.63, 3.8) is 0 Å². The molecule has 266 valence electrons. The van der Waals surface area contributed by atoms with E-state index in [4.69, 9.17) is 44.4 Å². The van der Waals surface area contributed by atoms with Crippen LogP contribution in [0, 0.1) is 11.6 Å². The zero-order valence-electron chi connectivity index (χ0n) is 29.5. The summed E-state index contributed by atoms with van der Waals surface area (Å²) in [6.07, 6.45) is 3.19. The van der Waals surface area contributed by atoms with Gasteiger partial charge in [-0.2, -0.15) is 4.39 Å². The maximum absolute atomic E-state index is 15.1. The first-order chi connectivity index (χ1) is 22.5. The van der Waals surface area contributed by atoms with E-state index in [1.165, 1.54) is 19.2 Å². The van der Waals surface area contributed by atoms with E-state index in [-0.39, 0.29) is 24.3 Å². The molecular formula is C36H55ClF2O7Si. The molecule has 0 unspecified atom stereocenters. The Kier molecular flexibility index (Phi) is 16.0. The summed E-state index contributed by atoms with van der Waals surface area (Å²) in [6.45, 7) is 14.5. The number of rotatable bonds is 20. The molecule has 0 bridgehead atoms. The SMILES string of the molecule is CCCCO[C@H]1[C@H](OCCCC)[C@@H](CO[Si](C)(C)C)O[C@@](OC)(c2ccc(Cl)c(Cc3ccc(OC)c(F)c3F)c2)[C@@H]1OCCCC. The molecule has 0 aromatic heterocycles. The van der Waals surface area contributed by atoms with Crippen LogP contribution in [0.1, 0.15) is 76.0 Å². The first kappa shape index (κ1) is 39.8. The molecule has 11 heteroatoms. The van der Waals surface area contributed by atoms with E-state index >= 15 is 4.39 Å². The number of methoxy groups -OCH3 is 2. The molecule has 0 radical (unpaired) electrons. The number of halogens is 3. The number of benzene rings is 2. The quantitative estimate of drug-likeness (QED) is 0.101. The fourth-order valence-corrected chi connectivity index (χ4v) is 6.45. The van der Waals surface area contributed by atoms with Crippen LogP contribution in [0.25, 0.3) is 0 Å². The number of hydrogen-bond donors (Lipinski definition) is 0. The second kappa shape index (κ2) is 18.9. The van der Waals surface area contributed by atoms with Crippen molar-refractivity contribution < 1.29 is 41.6 Å². The van der Waals surface area contributed by atoms with Gasteiger partial charge in [0.05, 0.1) is 13.7 Å². The molecule has 1 aliphatic heterocycles. The molecule has 0 amide bonds. The molecule has 2 aromatic carbocycles. The summed E-state index contributed by atoms with van der Waals surface area (Å²) < 4.78 is 74.4. The van der Waals surface area contributed by atoms with Crippen LogP contribution in [0.2, 0.25) is 24.7 Å².